The predicted octanol–water partition coefficient (Wildman–Crippen LogP) is -0.00120. The van der Waals surface area contributed by atoms with Crippen LogP contribution in [0.2, 0.25) is 0 Å². The van der Waals surface area contributed by atoms with Gasteiger partial charge in [-0.2, -0.15) is 10.1 Å². The molecule has 0 saturated carbocycles. The Morgan fingerprint density at radius 2 is 2.44 bits per heavy atom. The van der Waals surface area contributed by atoms with Crippen LogP contribution in [-0.2, 0) is 7.05 Å². The van der Waals surface area contributed by atoms with Crippen LogP contribution in [0.25, 0.3) is 0 Å². The Morgan fingerprint density at radius 1 is 1.56 bits per heavy atom. The van der Waals surface area contributed by atoms with Crippen molar-refractivity contribution in [3.8, 4) is 0 Å². The molecule has 1 unspecified atom stereocenters. The van der Waals surface area contributed by atoms with Gasteiger partial charge >= 0.3 is 0 Å². The lowest BCUT2D eigenvalue weighted by molar-refractivity contribution is 0.452. The highest BCUT2D eigenvalue weighted by Crippen LogP contribution is 2.27. The van der Waals surface area contributed by atoms with Crippen molar-refractivity contribution in [3.63, 3.8) is 0 Å². The van der Waals surface area contributed by atoms with Gasteiger partial charge in [0.2, 0.25) is 11.9 Å². The molecule has 7 nitrogen and oxygen atoms in total. The van der Waals surface area contributed by atoms with E-state index in [0.717, 1.165) is 24.6 Å². The van der Waals surface area contributed by atoms with Crippen LogP contribution in [-0.4, -0.2) is 31.1 Å². The molecule has 3 N–H and O–H groups in total. The van der Waals surface area contributed by atoms with Crippen LogP contribution in [0.3, 0.4) is 0 Å². The number of nitrogen functional groups attached to an aromatic ring is 1. The molecule has 7 heteroatoms. The molecule has 0 amide bonds. The molecule has 0 fully saturated rings. The van der Waals surface area contributed by atoms with Crippen LogP contribution in [0.15, 0.2) is 12.3 Å². The highest BCUT2D eigenvalue weighted by Gasteiger charge is 2.25. The van der Waals surface area contributed by atoms with Gasteiger partial charge in [-0.15, -0.1) is 5.10 Å². The van der Waals surface area contributed by atoms with Crippen molar-refractivity contribution in [1.29, 1.82) is 0 Å². The second kappa shape index (κ2) is 3.22. The lowest BCUT2D eigenvalue weighted by atomic mass is 10.1. The Kier molecular flexibility index (Phi) is 1.85. The average Bonchev–Trinajstić information content (AvgIpc) is 2.82. The molecule has 2 aromatic rings. The van der Waals surface area contributed by atoms with Crippen LogP contribution in [0.5, 0.6) is 0 Å². The summed E-state index contributed by atoms with van der Waals surface area (Å²) < 4.78 is 3.69. The largest absolute Gasteiger partial charge is 0.366 e. The van der Waals surface area contributed by atoms with E-state index < -0.39 is 0 Å². The molecule has 3 rings (SSSR count). The number of anilines is 2. The molecular weight excluding hydrogens is 206 g/mol. The minimum atomic E-state index is 0.161. The van der Waals surface area contributed by atoms with Crippen molar-refractivity contribution in [1.82, 2.24) is 24.5 Å². The van der Waals surface area contributed by atoms with Gasteiger partial charge in [-0.3, -0.25) is 4.68 Å². The zero-order chi connectivity index (χ0) is 11.1. The fourth-order valence-corrected chi connectivity index (χ4v) is 2.10. The van der Waals surface area contributed by atoms with E-state index in [1.165, 1.54) is 0 Å². The lowest BCUT2D eigenvalue weighted by Crippen LogP contribution is -2.26. The SMILES string of the molecule is Cn1nccc1C1CCNc2nc(N)nn21. The molecule has 0 aliphatic carbocycles. The number of hydrogen-bond donors (Lipinski definition) is 2. The molecule has 16 heavy (non-hydrogen) atoms. The summed E-state index contributed by atoms with van der Waals surface area (Å²) in [5.41, 5.74) is 6.72. The lowest BCUT2D eigenvalue weighted by Gasteiger charge is -2.24. The molecule has 1 aliphatic heterocycles. The second-order valence-corrected chi connectivity index (χ2v) is 3.85. The maximum atomic E-state index is 5.61. The van der Waals surface area contributed by atoms with E-state index in [9.17, 15) is 0 Å². The quantitative estimate of drug-likeness (QED) is 0.705. The van der Waals surface area contributed by atoms with E-state index >= 15 is 0 Å². The van der Waals surface area contributed by atoms with Crippen LogP contribution < -0.4 is 11.1 Å². The van der Waals surface area contributed by atoms with E-state index in [1.54, 1.807) is 6.20 Å². The van der Waals surface area contributed by atoms with E-state index in [0.29, 0.717) is 5.95 Å². The Labute approximate surface area is 92.3 Å². The van der Waals surface area contributed by atoms with Gasteiger partial charge in [0.1, 0.15) is 0 Å². The Balaban J connectivity index is 2.08. The van der Waals surface area contributed by atoms with Crippen molar-refractivity contribution in [2.45, 2.75) is 12.5 Å². The van der Waals surface area contributed by atoms with Gasteiger partial charge in [0.25, 0.3) is 0 Å². The fourth-order valence-electron chi connectivity index (χ4n) is 2.10. The molecule has 3 heterocycles. The molecule has 0 radical (unpaired) electrons. The maximum Gasteiger partial charge on any atom is 0.241 e. The molecule has 1 atom stereocenters. The number of fused-ring (bicyclic) bond motifs is 1. The van der Waals surface area contributed by atoms with E-state index in [4.69, 9.17) is 5.73 Å². The normalized spacial score (nSPS) is 19.2. The summed E-state index contributed by atoms with van der Waals surface area (Å²) >= 11 is 0. The Hall–Kier alpha value is -2.05. The third-order valence-electron chi connectivity index (χ3n) is 2.84. The van der Waals surface area contributed by atoms with Crippen molar-refractivity contribution in [3.05, 3.63) is 18.0 Å². The first-order valence-corrected chi connectivity index (χ1v) is 5.19. The molecule has 0 saturated heterocycles. The molecule has 84 valence electrons. The van der Waals surface area contributed by atoms with Gasteiger partial charge in [0.15, 0.2) is 0 Å². The number of hydrogen-bond acceptors (Lipinski definition) is 5. The predicted molar refractivity (Wildman–Crippen MR) is 58.9 cm³/mol. The first-order chi connectivity index (χ1) is 7.75. The Morgan fingerprint density at radius 3 is 3.19 bits per heavy atom. The van der Waals surface area contributed by atoms with Gasteiger partial charge < -0.3 is 11.1 Å². The minimum Gasteiger partial charge on any atom is -0.366 e. The van der Waals surface area contributed by atoms with Gasteiger partial charge in [-0.1, -0.05) is 0 Å². The average molecular weight is 219 g/mol. The van der Waals surface area contributed by atoms with Crippen LogP contribution in [0, 0.1) is 0 Å². The summed E-state index contributed by atoms with van der Waals surface area (Å²) in [5.74, 6) is 1.03. The number of aryl methyl sites for hydroxylation is 1. The van der Waals surface area contributed by atoms with Crippen LogP contribution >= 0.6 is 0 Å². The van der Waals surface area contributed by atoms with Crippen LogP contribution in [0.1, 0.15) is 18.2 Å². The highest BCUT2D eigenvalue weighted by atomic mass is 15.5. The minimum absolute atomic E-state index is 0.161. The third kappa shape index (κ3) is 1.24. The van der Waals surface area contributed by atoms with Crippen molar-refractivity contribution >= 4 is 11.9 Å². The van der Waals surface area contributed by atoms with Gasteiger partial charge in [-0.05, 0) is 12.5 Å². The van der Waals surface area contributed by atoms with Crippen molar-refractivity contribution < 1.29 is 0 Å². The maximum absolute atomic E-state index is 5.61. The summed E-state index contributed by atoms with van der Waals surface area (Å²) in [6.07, 6.45) is 2.74. The van der Waals surface area contributed by atoms with Crippen LogP contribution in [0.4, 0.5) is 11.9 Å². The summed E-state index contributed by atoms with van der Waals surface area (Å²) in [5, 5.41) is 11.6. The second-order valence-electron chi connectivity index (χ2n) is 3.85. The molecule has 1 aliphatic rings. The first-order valence-electron chi connectivity index (χ1n) is 5.19. The van der Waals surface area contributed by atoms with E-state index in [1.807, 2.05) is 22.5 Å². The summed E-state index contributed by atoms with van der Waals surface area (Å²) in [4.78, 5) is 4.13. The number of aromatic nitrogens is 5. The molecule has 2 aromatic heterocycles. The molecule has 0 aromatic carbocycles. The number of nitrogens with zero attached hydrogens (tertiary/aromatic N) is 5. The molecule has 0 spiro atoms. The molecule has 0 bridgehead atoms. The van der Waals surface area contributed by atoms with Gasteiger partial charge in [0, 0.05) is 19.8 Å². The smallest absolute Gasteiger partial charge is 0.241 e. The van der Waals surface area contributed by atoms with Crippen molar-refractivity contribution in [2.24, 2.45) is 7.05 Å². The summed E-state index contributed by atoms with van der Waals surface area (Å²) in [6, 6.07) is 2.16. The topological polar surface area (TPSA) is 86.6 Å². The van der Waals surface area contributed by atoms with Gasteiger partial charge in [0.05, 0.1) is 11.7 Å². The zero-order valence-electron chi connectivity index (χ0n) is 8.96. The monoisotopic (exact) mass is 219 g/mol. The number of nitrogens with two attached hydrogens (primary N) is 1. The third-order valence-corrected chi connectivity index (χ3v) is 2.84. The molecular formula is C9H13N7. The fraction of sp³-hybridized carbons (Fsp3) is 0.444. The Bertz CT molecular complexity index is 512. The standard InChI is InChI=1S/C9H13N7/c1-15-6(3-5-12-15)7-2-4-11-9-13-8(10)14-16(7)9/h3,5,7H,2,4H2,1H3,(H3,10,11,13,14). The summed E-state index contributed by atoms with van der Waals surface area (Å²) in [6.45, 7) is 0.869. The highest BCUT2D eigenvalue weighted by molar-refractivity contribution is 5.35. The zero-order valence-corrected chi connectivity index (χ0v) is 8.96. The van der Waals surface area contributed by atoms with E-state index in [2.05, 4.69) is 20.5 Å². The van der Waals surface area contributed by atoms with E-state index in [-0.39, 0.29) is 6.04 Å². The number of rotatable bonds is 1. The number of nitrogens with one attached hydrogen (secondary N) is 1. The van der Waals surface area contributed by atoms with Gasteiger partial charge in [-0.25, -0.2) is 4.68 Å². The van der Waals surface area contributed by atoms with Crippen molar-refractivity contribution in [2.75, 3.05) is 17.6 Å². The first kappa shape index (κ1) is 9.20. The summed E-state index contributed by atoms with van der Waals surface area (Å²) in [7, 11) is 1.93.